The van der Waals surface area contributed by atoms with E-state index in [0.29, 0.717) is 18.4 Å². The van der Waals surface area contributed by atoms with Gasteiger partial charge in [0.1, 0.15) is 6.29 Å². The molecule has 0 N–H and O–H groups in total. The van der Waals surface area contributed by atoms with Crippen LogP contribution in [0.1, 0.15) is 41.6 Å². The standard InChI is InChI=1S/C15H16O2/c1-3-8-15(10-16)9-11(2)12-6-4-5-7-13(12)14(15)17/h3-7,10-11H,1,8-9H2,2H3. The highest BCUT2D eigenvalue weighted by Crippen LogP contribution is 2.43. The Labute approximate surface area is 101 Å². The van der Waals surface area contributed by atoms with E-state index in [0.717, 1.165) is 11.8 Å². The molecule has 2 unspecified atom stereocenters. The van der Waals surface area contributed by atoms with Crippen molar-refractivity contribution in [1.29, 1.82) is 0 Å². The maximum Gasteiger partial charge on any atom is 0.176 e. The van der Waals surface area contributed by atoms with Gasteiger partial charge in [0.2, 0.25) is 0 Å². The smallest absolute Gasteiger partial charge is 0.176 e. The van der Waals surface area contributed by atoms with E-state index < -0.39 is 5.41 Å². The van der Waals surface area contributed by atoms with Crippen molar-refractivity contribution in [3.05, 3.63) is 48.0 Å². The average Bonchev–Trinajstić information content (AvgIpc) is 2.36. The third-order valence-corrected chi connectivity index (χ3v) is 3.59. The number of fused-ring (bicyclic) bond motifs is 1. The van der Waals surface area contributed by atoms with Gasteiger partial charge in [0.05, 0.1) is 5.41 Å². The normalized spacial score (nSPS) is 27.4. The molecular formula is C15H16O2. The number of rotatable bonds is 3. The van der Waals surface area contributed by atoms with Gasteiger partial charge < -0.3 is 4.79 Å². The highest BCUT2D eigenvalue weighted by atomic mass is 16.1. The van der Waals surface area contributed by atoms with Gasteiger partial charge in [-0.05, 0) is 24.3 Å². The van der Waals surface area contributed by atoms with Gasteiger partial charge in [-0.1, -0.05) is 37.3 Å². The van der Waals surface area contributed by atoms with Crippen LogP contribution >= 0.6 is 0 Å². The number of carbonyl (C=O) groups is 2. The first-order valence-electron chi connectivity index (χ1n) is 5.85. The fraction of sp³-hybridized carbons (Fsp3) is 0.333. The Bertz CT molecular complexity index is 476. The van der Waals surface area contributed by atoms with E-state index in [2.05, 4.69) is 13.5 Å². The molecule has 0 bridgehead atoms. The van der Waals surface area contributed by atoms with Crippen LogP contribution in [0, 0.1) is 5.41 Å². The van der Waals surface area contributed by atoms with Crippen LogP contribution in [0.3, 0.4) is 0 Å². The number of ketones is 1. The molecule has 0 saturated carbocycles. The van der Waals surface area contributed by atoms with E-state index in [1.54, 1.807) is 6.08 Å². The Hall–Kier alpha value is -1.70. The van der Waals surface area contributed by atoms with Crippen molar-refractivity contribution in [2.45, 2.75) is 25.7 Å². The Morgan fingerprint density at radius 2 is 2.18 bits per heavy atom. The molecule has 88 valence electrons. The summed E-state index contributed by atoms with van der Waals surface area (Å²) >= 11 is 0. The summed E-state index contributed by atoms with van der Waals surface area (Å²) in [5, 5.41) is 0. The van der Waals surface area contributed by atoms with E-state index in [-0.39, 0.29) is 11.7 Å². The van der Waals surface area contributed by atoms with Crippen molar-refractivity contribution in [2.24, 2.45) is 5.41 Å². The summed E-state index contributed by atoms with van der Waals surface area (Å²) in [6.45, 7) is 5.71. The maximum atomic E-state index is 12.4. The second-order valence-corrected chi connectivity index (χ2v) is 4.79. The predicted octanol–water partition coefficient (Wildman–Crippen LogP) is 3.14. The number of carbonyl (C=O) groups excluding carboxylic acids is 2. The molecule has 0 aliphatic heterocycles. The molecule has 2 heteroatoms. The van der Waals surface area contributed by atoms with Crippen molar-refractivity contribution in [2.75, 3.05) is 0 Å². The molecule has 1 aromatic carbocycles. The van der Waals surface area contributed by atoms with Gasteiger partial charge in [-0.15, -0.1) is 6.58 Å². The van der Waals surface area contributed by atoms with E-state index in [4.69, 9.17) is 0 Å². The number of allylic oxidation sites excluding steroid dienone is 1. The molecule has 0 radical (unpaired) electrons. The molecular weight excluding hydrogens is 212 g/mol. The number of hydrogen-bond donors (Lipinski definition) is 0. The molecule has 1 aromatic rings. The van der Waals surface area contributed by atoms with Crippen LogP contribution in [0.15, 0.2) is 36.9 Å². The third-order valence-electron chi connectivity index (χ3n) is 3.59. The van der Waals surface area contributed by atoms with Crippen molar-refractivity contribution >= 4 is 12.1 Å². The SMILES string of the molecule is C=CCC1(C=O)CC(C)c2ccccc2C1=O. The number of benzene rings is 1. The summed E-state index contributed by atoms with van der Waals surface area (Å²) in [5.41, 5.74) is 0.856. The lowest BCUT2D eigenvalue weighted by molar-refractivity contribution is -0.114. The van der Waals surface area contributed by atoms with E-state index in [1.165, 1.54) is 0 Å². The Kier molecular flexibility index (Phi) is 2.97. The lowest BCUT2D eigenvalue weighted by atomic mass is 9.66. The molecule has 1 aliphatic carbocycles. The molecule has 17 heavy (non-hydrogen) atoms. The summed E-state index contributed by atoms with van der Waals surface area (Å²) < 4.78 is 0. The fourth-order valence-electron chi connectivity index (χ4n) is 2.73. The molecule has 2 atom stereocenters. The van der Waals surface area contributed by atoms with Crippen LogP contribution < -0.4 is 0 Å². The number of Topliss-reactive ketones (excluding diaryl/α,β-unsaturated/α-hetero) is 1. The molecule has 1 aliphatic rings. The van der Waals surface area contributed by atoms with Gasteiger partial charge in [-0.3, -0.25) is 4.79 Å². The van der Waals surface area contributed by atoms with Gasteiger partial charge in [-0.2, -0.15) is 0 Å². The molecule has 0 aromatic heterocycles. The van der Waals surface area contributed by atoms with Crippen molar-refractivity contribution in [3.8, 4) is 0 Å². The Balaban J connectivity index is 2.55. The van der Waals surface area contributed by atoms with E-state index >= 15 is 0 Å². The monoisotopic (exact) mass is 228 g/mol. The maximum absolute atomic E-state index is 12.4. The molecule has 0 fully saturated rings. The molecule has 2 nitrogen and oxygen atoms in total. The van der Waals surface area contributed by atoms with Gasteiger partial charge in [-0.25, -0.2) is 0 Å². The summed E-state index contributed by atoms with van der Waals surface area (Å²) in [5.74, 6) is 0.176. The lowest BCUT2D eigenvalue weighted by Crippen LogP contribution is -2.38. The molecule has 0 saturated heterocycles. The predicted molar refractivity (Wildman–Crippen MR) is 67.1 cm³/mol. The molecule has 0 spiro atoms. The summed E-state index contributed by atoms with van der Waals surface area (Å²) in [6, 6.07) is 7.57. The van der Waals surface area contributed by atoms with E-state index in [1.807, 2.05) is 24.3 Å². The number of hydrogen-bond acceptors (Lipinski definition) is 2. The Morgan fingerprint density at radius 3 is 2.82 bits per heavy atom. The minimum absolute atomic E-state index is 0.0545. The highest BCUT2D eigenvalue weighted by Gasteiger charge is 2.43. The van der Waals surface area contributed by atoms with Crippen LogP contribution in [0.4, 0.5) is 0 Å². The van der Waals surface area contributed by atoms with Gasteiger partial charge in [0, 0.05) is 5.56 Å². The zero-order valence-electron chi connectivity index (χ0n) is 9.98. The number of aldehydes is 1. The average molecular weight is 228 g/mol. The topological polar surface area (TPSA) is 34.1 Å². The van der Waals surface area contributed by atoms with E-state index in [9.17, 15) is 9.59 Å². The van der Waals surface area contributed by atoms with Crippen LogP contribution in [-0.4, -0.2) is 12.1 Å². The largest absolute Gasteiger partial charge is 0.302 e. The fourth-order valence-corrected chi connectivity index (χ4v) is 2.73. The van der Waals surface area contributed by atoms with Gasteiger partial charge >= 0.3 is 0 Å². The van der Waals surface area contributed by atoms with Crippen LogP contribution in [0.5, 0.6) is 0 Å². The quantitative estimate of drug-likeness (QED) is 0.452. The van der Waals surface area contributed by atoms with Crippen molar-refractivity contribution in [1.82, 2.24) is 0 Å². The Morgan fingerprint density at radius 1 is 1.47 bits per heavy atom. The second-order valence-electron chi connectivity index (χ2n) is 4.79. The zero-order valence-corrected chi connectivity index (χ0v) is 9.98. The first-order valence-corrected chi connectivity index (χ1v) is 5.85. The second kappa shape index (κ2) is 4.28. The van der Waals surface area contributed by atoms with Gasteiger partial charge in [0.25, 0.3) is 0 Å². The summed E-state index contributed by atoms with van der Waals surface area (Å²) in [7, 11) is 0. The van der Waals surface area contributed by atoms with Crippen LogP contribution in [0.2, 0.25) is 0 Å². The first kappa shape index (κ1) is 11.8. The molecule has 2 rings (SSSR count). The summed E-state index contributed by atoms with van der Waals surface area (Å²) in [6.07, 6.45) is 3.47. The van der Waals surface area contributed by atoms with Crippen molar-refractivity contribution < 1.29 is 9.59 Å². The summed E-state index contributed by atoms with van der Waals surface area (Å²) in [4.78, 5) is 23.8. The van der Waals surface area contributed by atoms with Crippen LogP contribution in [0.25, 0.3) is 0 Å². The third kappa shape index (κ3) is 1.74. The molecule has 0 amide bonds. The minimum Gasteiger partial charge on any atom is -0.302 e. The zero-order chi connectivity index (χ0) is 12.5. The highest BCUT2D eigenvalue weighted by molar-refractivity contribution is 6.11. The molecule has 0 heterocycles. The van der Waals surface area contributed by atoms with Crippen molar-refractivity contribution in [3.63, 3.8) is 0 Å². The minimum atomic E-state index is -0.893. The van der Waals surface area contributed by atoms with Gasteiger partial charge in [0.15, 0.2) is 5.78 Å². The van der Waals surface area contributed by atoms with Crippen LogP contribution in [-0.2, 0) is 4.79 Å². The lowest BCUT2D eigenvalue weighted by Gasteiger charge is -2.34. The first-order chi connectivity index (χ1) is 8.14.